The van der Waals surface area contributed by atoms with Crippen molar-refractivity contribution in [2.75, 3.05) is 0 Å². The van der Waals surface area contributed by atoms with Gasteiger partial charge in [0.15, 0.2) is 0 Å². The Morgan fingerprint density at radius 1 is 1.30 bits per heavy atom. The summed E-state index contributed by atoms with van der Waals surface area (Å²) in [4.78, 5) is 0. The van der Waals surface area contributed by atoms with Gasteiger partial charge < -0.3 is 0 Å². The minimum Gasteiger partial charge on any atom is -0.0876 e. The summed E-state index contributed by atoms with van der Waals surface area (Å²) in [7, 11) is 0. The van der Waals surface area contributed by atoms with E-state index in [-0.39, 0.29) is 19.5 Å². The van der Waals surface area contributed by atoms with E-state index in [4.69, 9.17) is 11.6 Å². The van der Waals surface area contributed by atoms with Gasteiger partial charge in [-0.2, -0.15) is 0 Å². The van der Waals surface area contributed by atoms with E-state index in [1.165, 1.54) is 0 Å². The van der Waals surface area contributed by atoms with Crippen molar-refractivity contribution in [1.82, 2.24) is 0 Å². The Labute approximate surface area is 86.9 Å². The largest absolute Gasteiger partial charge is 0.0876 e. The zero-order valence-corrected chi connectivity index (χ0v) is 10.8. The molecule has 0 aliphatic rings. The molecule has 0 amide bonds. The molecule has 0 saturated carbocycles. The molecule has 0 aliphatic carbocycles. The summed E-state index contributed by atoms with van der Waals surface area (Å²) < 4.78 is 0. The fraction of sp³-hybridized carbons (Fsp3) is 0.143. The molecular weight excluding hydrogens is 265 g/mol. The Morgan fingerprint density at radius 2 is 1.90 bits per heavy atom. The Morgan fingerprint density at radius 3 is 2.30 bits per heavy atom. The van der Waals surface area contributed by atoms with E-state index in [1.54, 1.807) is 0 Å². The number of rotatable bonds is 1. The zero-order chi connectivity index (χ0) is 6.69. The van der Waals surface area contributed by atoms with Gasteiger partial charge in [0, 0.05) is 29.8 Å². The Bertz CT molecular complexity index is 203. The van der Waals surface area contributed by atoms with Crippen molar-refractivity contribution in [1.29, 1.82) is 0 Å². The van der Waals surface area contributed by atoms with E-state index in [0.29, 0.717) is 0 Å². The summed E-state index contributed by atoms with van der Waals surface area (Å²) in [5.41, 5.74) is 1.14. The zero-order valence-electron chi connectivity index (χ0n) is 5.48. The second-order valence-corrected chi connectivity index (χ2v) is 2.69. The van der Waals surface area contributed by atoms with Crippen LogP contribution < -0.4 is 0 Å². The van der Waals surface area contributed by atoms with Crippen LogP contribution in [-0.4, -0.2) is 0 Å². The first kappa shape index (κ1) is 10.6. The fourth-order valence-electron chi connectivity index (χ4n) is 0.607. The third-order valence-corrected chi connectivity index (χ3v) is 2.07. The molecule has 0 atom stereocenters. The molecule has 50 valence electrons. The molecule has 3 heteroatoms. The van der Waals surface area contributed by atoms with Crippen molar-refractivity contribution in [2.24, 2.45) is 0 Å². The van der Waals surface area contributed by atoms with Crippen molar-refractivity contribution in [3.8, 4) is 0 Å². The number of alkyl halides is 1. The predicted molar refractivity (Wildman–Crippen MR) is 44.1 cm³/mol. The van der Waals surface area contributed by atoms with E-state index in [9.17, 15) is 0 Å². The van der Waals surface area contributed by atoms with Gasteiger partial charge in [0.05, 0.1) is 0 Å². The summed E-state index contributed by atoms with van der Waals surface area (Å²) >= 11 is 9.12. The van der Waals surface area contributed by atoms with Crippen LogP contribution in [0.1, 0.15) is 5.56 Å². The van der Waals surface area contributed by atoms with Crippen molar-refractivity contribution in [2.45, 2.75) is 5.33 Å². The topological polar surface area (TPSA) is 0 Å². The van der Waals surface area contributed by atoms with Crippen molar-refractivity contribution in [3.05, 3.63) is 34.9 Å². The van der Waals surface area contributed by atoms with Gasteiger partial charge in [-0.3, -0.25) is 0 Å². The van der Waals surface area contributed by atoms with Crippen LogP contribution in [0, 0.1) is 0 Å². The second kappa shape index (κ2) is 5.29. The average molecular weight is 271 g/mol. The molecule has 0 bridgehead atoms. The van der Waals surface area contributed by atoms with Crippen molar-refractivity contribution in [3.63, 3.8) is 0 Å². The minimum atomic E-state index is 0. The van der Waals surface area contributed by atoms with Crippen LogP contribution >= 0.6 is 27.5 Å². The standard InChI is InChI=1S/C7H6BrCl.Zn/c8-5-6-3-1-2-4-7(6)9;/h1-4H,5H2;. The Balaban J connectivity index is 0.000000810. The molecule has 0 aliphatic heterocycles. The maximum Gasteiger partial charge on any atom is 0.0446 e. The van der Waals surface area contributed by atoms with E-state index in [2.05, 4.69) is 15.9 Å². The molecule has 0 heterocycles. The molecule has 0 saturated heterocycles. The molecule has 0 radical (unpaired) electrons. The fourth-order valence-corrected chi connectivity index (χ4v) is 1.46. The Kier molecular flexibility index (Phi) is 5.61. The number of hydrogen-bond acceptors (Lipinski definition) is 0. The summed E-state index contributed by atoms with van der Waals surface area (Å²) in [6.45, 7) is 0. The van der Waals surface area contributed by atoms with Gasteiger partial charge in [0.25, 0.3) is 0 Å². The first-order valence-electron chi connectivity index (χ1n) is 2.64. The third kappa shape index (κ3) is 2.69. The van der Waals surface area contributed by atoms with Gasteiger partial charge in [-0.25, -0.2) is 0 Å². The predicted octanol–water partition coefficient (Wildman–Crippen LogP) is 3.23. The molecule has 0 spiro atoms. The van der Waals surface area contributed by atoms with E-state index < -0.39 is 0 Å². The summed E-state index contributed by atoms with van der Waals surface area (Å²) in [5.74, 6) is 0. The molecule has 1 aromatic carbocycles. The molecule has 0 unspecified atom stereocenters. The van der Waals surface area contributed by atoms with Gasteiger partial charge in [-0.1, -0.05) is 45.7 Å². The number of benzene rings is 1. The van der Waals surface area contributed by atoms with Crippen LogP contribution in [0.4, 0.5) is 0 Å². The first-order valence-corrected chi connectivity index (χ1v) is 4.14. The third-order valence-electron chi connectivity index (χ3n) is 1.10. The quantitative estimate of drug-likeness (QED) is 0.543. The number of hydrogen-bond donors (Lipinski definition) is 0. The van der Waals surface area contributed by atoms with Gasteiger partial charge in [-0.15, -0.1) is 0 Å². The maximum absolute atomic E-state index is 5.79. The normalized spacial score (nSPS) is 8.60. The average Bonchev–Trinajstić information content (AvgIpc) is 1.89. The van der Waals surface area contributed by atoms with Crippen LogP contribution in [-0.2, 0) is 24.8 Å². The minimum absolute atomic E-state index is 0. The molecule has 0 aromatic heterocycles. The monoisotopic (exact) mass is 268 g/mol. The van der Waals surface area contributed by atoms with Crippen LogP contribution in [0.25, 0.3) is 0 Å². The summed E-state index contributed by atoms with van der Waals surface area (Å²) in [6, 6.07) is 7.78. The van der Waals surface area contributed by atoms with Crippen molar-refractivity contribution >= 4 is 27.5 Å². The first-order chi connectivity index (χ1) is 4.34. The smallest absolute Gasteiger partial charge is 0.0446 e. The molecule has 1 aromatic rings. The van der Waals surface area contributed by atoms with Gasteiger partial charge in [-0.05, 0) is 11.6 Å². The van der Waals surface area contributed by atoms with Gasteiger partial charge in [0.2, 0.25) is 0 Å². The van der Waals surface area contributed by atoms with Crippen LogP contribution in [0.5, 0.6) is 0 Å². The molecular formula is C7H6BrClZn. The van der Waals surface area contributed by atoms with Gasteiger partial charge in [0.1, 0.15) is 0 Å². The summed E-state index contributed by atoms with van der Waals surface area (Å²) in [6.07, 6.45) is 0. The van der Waals surface area contributed by atoms with Gasteiger partial charge >= 0.3 is 0 Å². The SMILES string of the molecule is Clc1ccccc1CBr.[Zn]. The summed E-state index contributed by atoms with van der Waals surface area (Å²) in [5, 5.41) is 1.65. The second-order valence-electron chi connectivity index (χ2n) is 1.73. The van der Waals surface area contributed by atoms with E-state index in [1.807, 2.05) is 24.3 Å². The van der Waals surface area contributed by atoms with Crippen molar-refractivity contribution < 1.29 is 19.5 Å². The van der Waals surface area contributed by atoms with E-state index in [0.717, 1.165) is 15.9 Å². The number of halogens is 2. The molecule has 10 heavy (non-hydrogen) atoms. The molecule has 0 nitrogen and oxygen atoms in total. The van der Waals surface area contributed by atoms with Crippen LogP contribution in [0.3, 0.4) is 0 Å². The molecule has 1 rings (SSSR count). The molecule has 0 fully saturated rings. The Hall–Kier alpha value is 0.613. The molecule has 0 N–H and O–H groups in total. The van der Waals surface area contributed by atoms with E-state index >= 15 is 0 Å². The van der Waals surface area contributed by atoms with Crippen LogP contribution in [0.15, 0.2) is 24.3 Å². The maximum atomic E-state index is 5.79. The van der Waals surface area contributed by atoms with Crippen LogP contribution in [0.2, 0.25) is 5.02 Å².